The molecule has 0 bridgehead atoms. The van der Waals surface area contributed by atoms with Crippen LogP contribution in [0.5, 0.6) is 0 Å². The molecule has 2 aromatic carbocycles. The van der Waals surface area contributed by atoms with Crippen LogP contribution in [0, 0.1) is 0 Å². The maximum atomic E-state index is 12.1. The monoisotopic (exact) mass is 285 g/mol. The minimum atomic E-state index is -0.750. The summed E-state index contributed by atoms with van der Waals surface area (Å²) in [6, 6.07) is 19.2. The van der Waals surface area contributed by atoms with Crippen molar-refractivity contribution in [2.24, 2.45) is 5.90 Å². The van der Waals surface area contributed by atoms with E-state index < -0.39 is 18.2 Å². The van der Waals surface area contributed by atoms with Gasteiger partial charge >= 0.3 is 5.97 Å². The van der Waals surface area contributed by atoms with Crippen LogP contribution in [0.4, 0.5) is 0 Å². The van der Waals surface area contributed by atoms with E-state index in [4.69, 9.17) is 10.6 Å². The zero-order valence-electron chi connectivity index (χ0n) is 11.9. The van der Waals surface area contributed by atoms with Crippen molar-refractivity contribution >= 4 is 5.97 Å². The summed E-state index contributed by atoms with van der Waals surface area (Å²) in [6.45, 7) is 1.82. The van der Waals surface area contributed by atoms with Crippen molar-refractivity contribution in [3.8, 4) is 0 Å². The molecule has 4 nitrogen and oxygen atoms in total. The number of hydrogen-bond acceptors (Lipinski definition) is 4. The molecular formula is C17H19NO3. The molecule has 0 radical (unpaired) electrons. The summed E-state index contributed by atoms with van der Waals surface area (Å²) in [4.78, 5) is 16.8. The number of rotatable bonds is 6. The number of hydrogen-bond donors (Lipinski definition) is 1. The molecule has 0 aliphatic heterocycles. The second kappa shape index (κ2) is 7.57. The van der Waals surface area contributed by atoms with E-state index in [1.165, 1.54) is 0 Å². The molecule has 0 fully saturated rings. The average molecular weight is 285 g/mol. The van der Waals surface area contributed by atoms with E-state index in [9.17, 15) is 4.79 Å². The number of nitrogens with two attached hydrogens (primary N) is 1. The van der Waals surface area contributed by atoms with E-state index in [-0.39, 0.29) is 0 Å². The fourth-order valence-electron chi connectivity index (χ4n) is 2.09. The fraction of sp³-hybridized carbons (Fsp3) is 0.235. The number of carbonyl (C=O) groups excluding carboxylic acids is 1. The van der Waals surface area contributed by atoms with Crippen molar-refractivity contribution in [1.82, 2.24) is 0 Å². The van der Waals surface area contributed by atoms with Crippen LogP contribution in [0.25, 0.3) is 0 Å². The predicted octanol–water partition coefficient (Wildman–Crippen LogP) is 2.99. The number of esters is 1. The summed E-state index contributed by atoms with van der Waals surface area (Å²) in [7, 11) is 0. The van der Waals surface area contributed by atoms with Gasteiger partial charge in [0, 0.05) is 0 Å². The average Bonchev–Trinajstić information content (AvgIpc) is 2.55. The normalized spacial score (nSPS) is 12.1. The van der Waals surface area contributed by atoms with E-state index in [1.54, 1.807) is 0 Å². The largest absolute Gasteiger partial charge is 0.451 e. The lowest BCUT2D eigenvalue weighted by Gasteiger charge is -2.21. The van der Waals surface area contributed by atoms with Gasteiger partial charge in [0.25, 0.3) is 0 Å². The van der Waals surface area contributed by atoms with Crippen LogP contribution in [0.1, 0.15) is 30.6 Å². The Balaban J connectivity index is 2.27. The molecule has 2 rings (SSSR count). The molecule has 110 valence electrons. The van der Waals surface area contributed by atoms with Crippen molar-refractivity contribution in [3.05, 3.63) is 71.8 Å². The Hall–Kier alpha value is -2.17. The van der Waals surface area contributed by atoms with Crippen molar-refractivity contribution in [2.75, 3.05) is 0 Å². The molecule has 2 N–H and O–H groups in total. The Bertz CT molecular complexity index is 513. The topological polar surface area (TPSA) is 61.5 Å². The van der Waals surface area contributed by atoms with Gasteiger partial charge in [0.2, 0.25) is 0 Å². The highest BCUT2D eigenvalue weighted by atomic mass is 16.7. The Morgan fingerprint density at radius 3 is 1.86 bits per heavy atom. The Labute approximate surface area is 124 Å². The van der Waals surface area contributed by atoms with Crippen LogP contribution in [0.15, 0.2) is 60.7 Å². The molecular weight excluding hydrogens is 266 g/mol. The summed E-state index contributed by atoms with van der Waals surface area (Å²) >= 11 is 0. The standard InChI is InChI=1S/C17H19NO3/c1-2-15(21-18)17(19)20-16(13-9-5-3-6-10-13)14-11-7-4-8-12-14/h3-12,15-16H,2,18H2,1H3. The van der Waals surface area contributed by atoms with Gasteiger partial charge in [0.1, 0.15) is 0 Å². The van der Waals surface area contributed by atoms with Crippen LogP contribution in [0.3, 0.4) is 0 Å². The summed E-state index contributed by atoms with van der Waals surface area (Å²) in [5.74, 6) is 4.68. The van der Waals surface area contributed by atoms with Crippen molar-refractivity contribution < 1.29 is 14.4 Å². The number of carbonyl (C=O) groups is 1. The van der Waals surface area contributed by atoms with Gasteiger partial charge in [-0.2, -0.15) is 0 Å². The SMILES string of the molecule is CCC(ON)C(=O)OC(c1ccccc1)c1ccccc1. The first-order valence-corrected chi connectivity index (χ1v) is 6.92. The first-order valence-electron chi connectivity index (χ1n) is 6.92. The highest BCUT2D eigenvalue weighted by molar-refractivity contribution is 5.75. The third kappa shape index (κ3) is 3.90. The molecule has 0 spiro atoms. The molecule has 1 unspecified atom stereocenters. The Morgan fingerprint density at radius 2 is 1.48 bits per heavy atom. The summed E-state index contributed by atoms with van der Waals surface area (Å²) in [5, 5.41) is 0. The lowest BCUT2D eigenvalue weighted by molar-refractivity contribution is -0.161. The molecule has 21 heavy (non-hydrogen) atoms. The van der Waals surface area contributed by atoms with Gasteiger partial charge in [-0.1, -0.05) is 67.6 Å². The van der Waals surface area contributed by atoms with Crippen LogP contribution in [-0.4, -0.2) is 12.1 Å². The van der Waals surface area contributed by atoms with Crippen LogP contribution in [-0.2, 0) is 14.4 Å². The van der Waals surface area contributed by atoms with Crippen LogP contribution >= 0.6 is 0 Å². The predicted molar refractivity (Wildman–Crippen MR) is 80.2 cm³/mol. The summed E-state index contributed by atoms with van der Waals surface area (Å²) < 4.78 is 5.62. The second-order valence-electron chi connectivity index (χ2n) is 4.67. The van der Waals surface area contributed by atoms with Crippen molar-refractivity contribution in [1.29, 1.82) is 0 Å². The molecule has 2 aromatic rings. The highest BCUT2D eigenvalue weighted by Gasteiger charge is 2.24. The van der Waals surface area contributed by atoms with Crippen molar-refractivity contribution in [2.45, 2.75) is 25.6 Å². The molecule has 0 aliphatic rings. The summed E-state index contributed by atoms with van der Waals surface area (Å²) in [5.41, 5.74) is 1.81. The molecule has 0 saturated heterocycles. The quantitative estimate of drug-likeness (QED) is 0.654. The van der Waals surface area contributed by atoms with Gasteiger partial charge in [-0.15, -0.1) is 0 Å². The molecule has 0 aliphatic carbocycles. The smallest absolute Gasteiger partial charge is 0.338 e. The van der Waals surface area contributed by atoms with E-state index >= 15 is 0 Å². The highest BCUT2D eigenvalue weighted by Crippen LogP contribution is 2.26. The zero-order valence-corrected chi connectivity index (χ0v) is 11.9. The summed E-state index contributed by atoms with van der Waals surface area (Å²) in [6.07, 6.45) is -0.755. The lowest BCUT2D eigenvalue weighted by Crippen LogP contribution is -2.30. The van der Waals surface area contributed by atoms with Gasteiger partial charge < -0.3 is 4.74 Å². The van der Waals surface area contributed by atoms with Gasteiger partial charge in [0.15, 0.2) is 12.2 Å². The molecule has 4 heteroatoms. The molecule has 0 heterocycles. The Kier molecular flexibility index (Phi) is 5.49. The van der Waals surface area contributed by atoms with E-state index in [0.717, 1.165) is 11.1 Å². The molecule has 0 aromatic heterocycles. The maximum absolute atomic E-state index is 12.1. The third-order valence-electron chi connectivity index (χ3n) is 3.24. The molecule has 0 amide bonds. The number of benzene rings is 2. The van der Waals surface area contributed by atoms with Gasteiger partial charge in [-0.25, -0.2) is 10.7 Å². The second-order valence-corrected chi connectivity index (χ2v) is 4.67. The minimum absolute atomic E-state index is 0.460. The van der Waals surface area contributed by atoms with Crippen LogP contribution in [0.2, 0.25) is 0 Å². The zero-order chi connectivity index (χ0) is 15.1. The van der Waals surface area contributed by atoms with Crippen molar-refractivity contribution in [3.63, 3.8) is 0 Å². The maximum Gasteiger partial charge on any atom is 0.338 e. The first kappa shape index (κ1) is 15.2. The van der Waals surface area contributed by atoms with Gasteiger partial charge in [0.05, 0.1) is 0 Å². The lowest BCUT2D eigenvalue weighted by atomic mass is 10.0. The molecule has 1 atom stereocenters. The van der Waals surface area contributed by atoms with E-state index in [2.05, 4.69) is 4.84 Å². The first-order chi connectivity index (χ1) is 10.3. The fourth-order valence-corrected chi connectivity index (χ4v) is 2.09. The van der Waals surface area contributed by atoms with Gasteiger partial charge in [-0.3, -0.25) is 4.84 Å². The van der Waals surface area contributed by atoms with Crippen LogP contribution < -0.4 is 5.90 Å². The van der Waals surface area contributed by atoms with Gasteiger partial charge in [-0.05, 0) is 17.5 Å². The minimum Gasteiger partial charge on any atom is -0.451 e. The number of ether oxygens (including phenoxy) is 1. The third-order valence-corrected chi connectivity index (χ3v) is 3.24. The molecule has 0 saturated carbocycles. The van der Waals surface area contributed by atoms with E-state index in [0.29, 0.717) is 6.42 Å². The van der Waals surface area contributed by atoms with E-state index in [1.807, 2.05) is 67.6 Å². The Morgan fingerprint density at radius 1 is 1.00 bits per heavy atom.